The zero-order valence-corrected chi connectivity index (χ0v) is 17.2. The molecule has 2 aliphatic rings. The second-order valence-electron chi connectivity index (χ2n) is 6.12. The molecule has 6 nitrogen and oxygen atoms in total. The molecule has 0 N–H and O–H groups in total. The Kier molecular flexibility index (Phi) is 5.92. The topological polar surface area (TPSA) is 72.9 Å². The van der Waals surface area contributed by atoms with Crippen LogP contribution in [0, 0.1) is 0 Å². The van der Waals surface area contributed by atoms with Gasteiger partial charge in [0, 0.05) is 0 Å². The minimum atomic E-state index is -3.10. The number of hydrogen-bond acceptors (Lipinski definition) is 7. The number of amides is 1. The van der Waals surface area contributed by atoms with Crippen molar-refractivity contribution in [3.63, 3.8) is 0 Å². The highest BCUT2D eigenvalue weighted by molar-refractivity contribution is 8.26. The summed E-state index contributed by atoms with van der Waals surface area (Å²) in [5, 5.41) is 0. The molecule has 2 saturated heterocycles. The molecule has 144 valence electrons. The van der Waals surface area contributed by atoms with Gasteiger partial charge in [-0.25, -0.2) is 8.42 Å². The molecule has 2 fully saturated rings. The average Bonchev–Trinajstić information content (AvgIpc) is 3.11. The first kappa shape index (κ1) is 19.9. The van der Waals surface area contributed by atoms with Gasteiger partial charge in [0.15, 0.2) is 21.3 Å². The van der Waals surface area contributed by atoms with Crippen LogP contribution in [0.15, 0.2) is 35.8 Å². The maximum absolute atomic E-state index is 12.8. The minimum absolute atomic E-state index is 0.0319. The zero-order chi connectivity index (χ0) is 19.6. The van der Waals surface area contributed by atoms with Gasteiger partial charge in [0.25, 0.3) is 5.91 Å². The van der Waals surface area contributed by atoms with Crippen molar-refractivity contribution >= 4 is 50.1 Å². The molecule has 3 rings (SSSR count). The number of nitrogens with zero attached hydrogens (tertiary/aromatic N) is 1. The summed E-state index contributed by atoms with van der Waals surface area (Å²) in [7, 11) is -1.56. The maximum Gasteiger partial charge on any atom is 0.266 e. The van der Waals surface area contributed by atoms with Crippen molar-refractivity contribution in [1.82, 2.24) is 4.90 Å². The van der Waals surface area contributed by atoms with Crippen LogP contribution in [0.2, 0.25) is 0 Å². The predicted octanol–water partition coefficient (Wildman–Crippen LogP) is 2.65. The van der Waals surface area contributed by atoms with Crippen LogP contribution in [0.4, 0.5) is 0 Å². The summed E-state index contributed by atoms with van der Waals surface area (Å²) in [6, 6.07) is 4.97. The summed E-state index contributed by atoms with van der Waals surface area (Å²) in [6.07, 6.45) is 3.79. The van der Waals surface area contributed by atoms with Gasteiger partial charge in [0.1, 0.15) is 10.9 Å². The van der Waals surface area contributed by atoms with Crippen LogP contribution >= 0.6 is 24.0 Å². The molecule has 1 aromatic carbocycles. The number of carbonyl (C=O) groups excluding carboxylic acids is 1. The Labute approximate surface area is 168 Å². The fourth-order valence-electron chi connectivity index (χ4n) is 2.97. The van der Waals surface area contributed by atoms with Crippen molar-refractivity contribution in [2.75, 3.05) is 25.2 Å². The molecule has 27 heavy (non-hydrogen) atoms. The van der Waals surface area contributed by atoms with E-state index in [1.165, 1.54) is 16.7 Å². The first-order chi connectivity index (χ1) is 12.8. The zero-order valence-electron chi connectivity index (χ0n) is 14.7. The van der Waals surface area contributed by atoms with Gasteiger partial charge in [-0.15, -0.1) is 0 Å². The number of thioether (sulfide) groups is 1. The summed E-state index contributed by atoms with van der Waals surface area (Å²) in [6.45, 7) is 3.97. The van der Waals surface area contributed by atoms with E-state index in [1.807, 2.05) is 6.07 Å². The van der Waals surface area contributed by atoms with E-state index in [0.29, 0.717) is 33.8 Å². The van der Waals surface area contributed by atoms with Crippen molar-refractivity contribution in [2.24, 2.45) is 0 Å². The fraction of sp³-hybridized carbons (Fsp3) is 0.333. The highest BCUT2D eigenvalue weighted by Crippen LogP contribution is 2.37. The molecule has 1 amide bonds. The molecular formula is C18H19NO5S3. The van der Waals surface area contributed by atoms with Gasteiger partial charge in [-0.05, 0) is 30.2 Å². The van der Waals surface area contributed by atoms with E-state index in [1.54, 1.807) is 31.4 Å². The molecule has 0 bridgehead atoms. The van der Waals surface area contributed by atoms with E-state index in [4.69, 9.17) is 21.7 Å². The molecular weight excluding hydrogens is 406 g/mol. The van der Waals surface area contributed by atoms with Crippen LogP contribution in [0.5, 0.6) is 11.5 Å². The van der Waals surface area contributed by atoms with Gasteiger partial charge in [-0.3, -0.25) is 9.69 Å². The molecule has 0 saturated carbocycles. The summed E-state index contributed by atoms with van der Waals surface area (Å²) in [5.74, 6) is 0.937. The third kappa shape index (κ3) is 4.36. The number of methoxy groups -OCH3 is 1. The highest BCUT2D eigenvalue weighted by Gasteiger charge is 2.42. The minimum Gasteiger partial charge on any atom is -0.493 e. The fourth-order valence-corrected chi connectivity index (χ4v) is 6.07. The van der Waals surface area contributed by atoms with E-state index < -0.39 is 9.84 Å². The number of sulfone groups is 1. The standard InChI is InChI=1S/C18H19NO5S3/c1-3-7-24-14-5-4-12(9-15(14)23-2)10-16-17(20)19(18(25)26-16)13-6-8-27(21,22)11-13/h3-5,9-10,13H,1,6-8,11H2,2H3/b16-10-. The Morgan fingerprint density at radius 2 is 2.19 bits per heavy atom. The van der Waals surface area contributed by atoms with Gasteiger partial charge < -0.3 is 9.47 Å². The molecule has 2 heterocycles. The molecule has 9 heteroatoms. The lowest BCUT2D eigenvalue weighted by atomic mass is 10.1. The second kappa shape index (κ2) is 8.04. The van der Waals surface area contributed by atoms with Gasteiger partial charge in [0.2, 0.25) is 0 Å². The second-order valence-corrected chi connectivity index (χ2v) is 10.0. The van der Waals surface area contributed by atoms with Gasteiger partial charge in [-0.1, -0.05) is 42.7 Å². The number of hydrogen-bond donors (Lipinski definition) is 0. The third-order valence-electron chi connectivity index (χ3n) is 4.24. The summed E-state index contributed by atoms with van der Waals surface area (Å²) < 4.78 is 34.7. The molecule has 0 aliphatic carbocycles. The van der Waals surface area contributed by atoms with E-state index in [0.717, 1.165) is 5.56 Å². The van der Waals surface area contributed by atoms with E-state index >= 15 is 0 Å². The molecule has 2 aliphatic heterocycles. The Morgan fingerprint density at radius 3 is 2.81 bits per heavy atom. The molecule has 1 aromatic rings. The number of benzene rings is 1. The smallest absolute Gasteiger partial charge is 0.266 e. The lowest BCUT2D eigenvalue weighted by Gasteiger charge is -2.20. The summed E-state index contributed by atoms with van der Waals surface area (Å²) in [5.41, 5.74) is 0.761. The number of thiocarbonyl (C=S) groups is 1. The monoisotopic (exact) mass is 425 g/mol. The normalized spacial score (nSPS) is 23.1. The van der Waals surface area contributed by atoms with Crippen LogP contribution in [0.3, 0.4) is 0 Å². The highest BCUT2D eigenvalue weighted by atomic mass is 32.2. The predicted molar refractivity (Wildman–Crippen MR) is 111 cm³/mol. The molecule has 1 unspecified atom stereocenters. The Hall–Kier alpha value is -1.84. The lowest BCUT2D eigenvalue weighted by Crippen LogP contribution is -2.39. The molecule has 0 radical (unpaired) electrons. The van der Waals surface area contributed by atoms with E-state index in [2.05, 4.69) is 6.58 Å². The van der Waals surface area contributed by atoms with Gasteiger partial charge in [0.05, 0.1) is 29.6 Å². The lowest BCUT2D eigenvalue weighted by molar-refractivity contribution is -0.123. The van der Waals surface area contributed by atoms with Crippen molar-refractivity contribution in [1.29, 1.82) is 0 Å². The molecule has 1 atom stereocenters. The van der Waals surface area contributed by atoms with Crippen LogP contribution in [0.25, 0.3) is 6.08 Å². The van der Waals surface area contributed by atoms with Crippen molar-refractivity contribution in [3.05, 3.63) is 41.3 Å². The molecule has 0 aromatic heterocycles. The SMILES string of the molecule is C=CCOc1ccc(/C=C2\SC(=S)N(C3CCS(=O)(=O)C3)C2=O)cc1OC. The van der Waals surface area contributed by atoms with Crippen molar-refractivity contribution in [2.45, 2.75) is 12.5 Å². The van der Waals surface area contributed by atoms with E-state index in [9.17, 15) is 13.2 Å². The van der Waals surface area contributed by atoms with Crippen LogP contribution in [-0.2, 0) is 14.6 Å². The van der Waals surface area contributed by atoms with Gasteiger partial charge in [-0.2, -0.15) is 0 Å². The first-order valence-electron chi connectivity index (χ1n) is 8.24. The van der Waals surface area contributed by atoms with Crippen molar-refractivity contribution < 1.29 is 22.7 Å². The number of rotatable bonds is 6. The summed E-state index contributed by atoms with van der Waals surface area (Å²) in [4.78, 5) is 14.7. The number of ether oxygens (including phenoxy) is 2. The Morgan fingerprint density at radius 1 is 1.41 bits per heavy atom. The Balaban J connectivity index is 1.82. The largest absolute Gasteiger partial charge is 0.493 e. The quantitative estimate of drug-likeness (QED) is 0.394. The number of carbonyl (C=O) groups is 1. The van der Waals surface area contributed by atoms with E-state index in [-0.39, 0.29) is 23.5 Å². The molecule has 0 spiro atoms. The third-order valence-corrected chi connectivity index (χ3v) is 7.32. The van der Waals surface area contributed by atoms with Crippen LogP contribution in [-0.4, -0.2) is 54.8 Å². The van der Waals surface area contributed by atoms with Crippen molar-refractivity contribution in [3.8, 4) is 11.5 Å². The maximum atomic E-state index is 12.8. The van der Waals surface area contributed by atoms with Crippen LogP contribution in [0.1, 0.15) is 12.0 Å². The first-order valence-corrected chi connectivity index (χ1v) is 11.3. The average molecular weight is 426 g/mol. The summed E-state index contributed by atoms with van der Waals surface area (Å²) >= 11 is 6.50. The van der Waals surface area contributed by atoms with Crippen LogP contribution < -0.4 is 9.47 Å². The Bertz CT molecular complexity index is 923. The van der Waals surface area contributed by atoms with Gasteiger partial charge >= 0.3 is 0 Å².